The summed E-state index contributed by atoms with van der Waals surface area (Å²) in [7, 11) is 0. The second-order valence-corrected chi connectivity index (χ2v) is 3.16. The van der Waals surface area contributed by atoms with Crippen LogP contribution < -0.4 is 5.32 Å². The highest BCUT2D eigenvalue weighted by Crippen LogP contribution is 2.05. The van der Waals surface area contributed by atoms with E-state index < -0.39 is 23.5 Å². The molecule has 0 saturated carbocycles. The molecular weight excluding hydrogens is 221 g/mol. The fraction of sp³-hybridized carbons (Fsp3) is 0.667. The first-order valence-corrected chi connectivity index (χ1v) is 4.25. The fourth-order valence-corrected chi connectivity index (χ4v) is 0.642. The molecule has 1 unspecified atom stereocenters. The Balaban J connectivity index is 3.82. The number of aliphatic hydroxyl groups excluding tert-OH is 1. The number of hydrogen-bond acceptors (Lipinski definition) is 4. The largest absolute Gasteiger partial charge is 0.456 e. The van der Waals surface area contributed by atoms with Gasteiger partial charge in [-0.3, -0.25) is 4.79 Å². The van der Waals surface area contributed by atoms with Crippen LogP contribution in [0.5, 0.6) is 0 Å². The lowest BCUT2D eigenvalue weighted by molar-refractivity contribution is -0.148. The molecule has 0 aliphatic carbocycles. The van der Waals surface area contributed by atoms with E-state index in [-0.39, 0.29) is 6.54 Å². The maximum Gasteiger partial charge on any atom is 0.339 e. The number of halogens is 2. The summed E-state index contributed by atoms with van der Waals surface area (Å²) in [6.07, 6.45) is -0.396. The Bertz CT molecular complexity index is 176. The van der Waals surface area contributed by atoms with Crippen molar-refractivity contribution in [2.75, 3.05) is 13.2 Å². The van der Waals surface area contributed by atoms with E-state index in [1.165, 1.54) is 0 Å². The van der Waals surface area contributed by atoms with Gasteiger partial charge < -0.3 is 15.2 Å². The van der Waals surface area contributed by atoms with E-state index in [9.17, 15) is 9.59 Å². The van der Waals surface area contributed by atoms with Crippen molar-refractivity contribution in [3.8, 4) is 0 Å². The molecule has 0 aromatic heterocycles. The smallest absolute Gasteiger partial charge is 0.339 e. The summed E-state index contributed by atoms with van der Waals surface area (Å²) in [5, 5.41) is 10.9. The van der Waals surface area contributed by atoms with E-state index in [1.807, 2.05) is 0 Å². The predicted molar refractivity (Wildman–Crippen MR) is 46.5 cm³/mol. The van der Waals surface area contributed by atoms with Crippen molar-refractivity contribution in [1.29, 1.82) is 0 Å². The maximum absolute atomic E-state index is 10.8. The third kappa shape index (κ3) is 5.68. The van der Waals surface area contributed by atoms with Crippen molar-refractivity contribution in [1.82, 2.24) is 5.32 Å². The normalized spacial score (nSPS) is 12.3. The first-order chi connectivity index (χ1) is 6.11. The topological polar surface area (TPSA) is 75.6 Å². The molecule has 0 aliphatic heterocycles. The molecule has 0 fully saturated rings. The van der Waals surface area contributed by atoms with Crippen LogP contribution in [0.3, 0.4) is 0 Å². The van der Waals surface area contributed by atoms with Gasteiger partial charge in [0.15, 0.2) is 0 Å². The molecule has 0 bridgehead atoms. The molecule has 0 radical (unpaired) electrons. The Kier molecular flexibility index (Phi) is 6.66. The van der Waals surface area contributed by atoms with Crippen molar-refractivity contribution in [3.05, 3.63) is 0 Å². The van der Waals surface area contributed by atoms with Gasteiger partial charge in [0.1, 0.15) is 6.10 Å². The average molecular weight is 230 g/mol. The van der Waals surface area contributed by atoms with Crippen LogP contribution in [0.2, 0.25) is 0 Å². The zero-order chi connectivity index (χ0) is 10.3. The van der Waals surface area contributed by atoms with Crippen molar-refractivity contribution in [2.45, 2.75) is 10.9 Å². The van der Waals surface area contributed by atoms with Crippen LogP contribution in [0.4, 0.5) is 0 Å². The summed E-state index contributed by atoms with van der Waals surface area (Å²) in [6.45, 7) is -0.390. The van der Waals surface area contributed by atoms with Gasteiger partial charge >= 0.3 is 5.97 Å². The van der Waals surface area contributed by atoms with E-state index in [0.717, 1.165) is 0 Å². The van der Waals surface area contributed by atoms with Crippen LogP contribution in [0.25, 0.3) is 0 Å². The second-order valence-electron chi connectivity index (χ2n) is 2.07. The van der Waals surface area contributed by atoms with Crippen molar-refractivity contribution in [2.24, 2.45) is 0 Å². The Morgan fingerprint density at radius 1 is 1.62 bits per heavy atom. The van der Waals surface area contributed by atoms with Crippen molar-refractivity contribution < 1.29 is 19.4 Å². The van der Waals surface area contributed by atoms with Crippen LogP contribution in [-0.2, 0) is 14.3 Å². The third-order valence-corrected chi connectivity index (χ3v) is 1.45. The fourth-order valence-electron chi connectivity index (χ4n) is 0.539. The standard InChI is InChI=1S/C6H9Cl2NO4/c7-5(8)6(12)13-4(2-10)1-9-3-11/h3-5,10H,1-2H2,(H,9,11). The Morgan fingerprint density at radius 2 is 2.23 bits per heavy atom. The monoisotopic (exact) mass is 229 g/mol. The molecule has 0 heterocycles. The lowest BCUT2D eigenvalue weighted by atomic mass is 10.4. The van der Waals surface area contributed by atoms with Gasteiger partial charge in [0.25, 0.3) is 0 Å². The number of alkyl halides is 2. The Hall–Kier alpha value is -0.520. The molecule has 0 spiro atoms. The zero-order valence-electron chi connectivity index (χ0n) is 6.57. The molecule has 7 heteroatoms. The summed E-state index contributed by atoms with van der Waals surface area (Å²) < 4.78 is 4.59. The quantitative estimate of drug-likeness (QED) is 0.364. The zero-order valence-corrected chi connectivity index (χ0v) is 8.09. The molecule has 2 N–H and O–H groups in total. The molecule has 0 rings (SSSR count). The number of hydrogen-bond donors (Lipinski definition) is 2. The van der Waals surface area contributed by atoms with Crippen LogP contribution in [0.1, 0.15) is 0 Å². The van der Waals surface area contributed by atoms with E-state index in [4.69, 9.17) is 28.3 Å². The minimum atomic E-state index is -1.29. The number of rotatable bonds is 6. The van der Waals surface area contributed by atoms with Crippen LogP contribution in [0, 0.1) is 0 Å². The van der Waals surface area contributed by atoms with E-state index >= 15 is 0 Å². The minimum Gasteiger partial charge on any atom is -0.456 e. The number of carbonyl (C=O) groups excluding carboxylic acids is 2. The van der Waals surface area contributed by atoms with Gasteiger partial charge in [-0.2, -0.15) is 0 Å². The van der Waals surface area contributed by atoms with Gasteiger partial charge in [0, 0.05) is 0 Å². The molecule has 0 saturated heterocycles. The number of amides is 1. The summed E-state index contributed by atoms with van der Waals surface area (Å²) in [5.74, 6) is -0.852. The molecule has 0 aromatic rings. The van der Waals surface area contributed by atoms with Crippen LogP contribution >= 0.6 is 23.2 Å². The number of aliphatic hydroxyl groups is 1. The van der Waals surface area contributed by atoms with Crippen molar-refractivity contribution >= 4 is 35.6 Å². The first kappa shape index (κ1) is 12.5. The molecule has 1 atom stereocenters. The molecule has 76 valence electrons. The van der Waals surface area contributed by atoms with Gasteiger partial charge in [-0.1, -0.05) is 23.2 Å². The minimum absolute atomic E-state index is 0.0201. The lowest BCUT2D eigenvalue weighted by Crippen LogP contribution is -2.34. The molecule has 0 aromatic carbocycles. The number of nitrogens with one attached hydrogen (secondary N) is 1. The first-order valence-electron chi connectivity index (χ1n) is 3.38. The number of carbonyl (C=O) groups is 2. The summed E-state index contributed by atoms with van der Waals surface area (Å²) in [4.78, 5) is 19.3. The highest BCUT2D eigenvalue weighted by molar-refractivity contribution is 6.52. The van der Waals surface area contributed by atoms with E-state index in [2.05, 4.69) is 10.1 Å². The Morgan fingerprint density at radius 3 is 2.62 bits per heavy atom. The highest BCUT2D eigenvalue weighted by atomic mass is 35.5. The van der Waals surface area contributed by atoms with Gasteiger partial charge in [0.05, 0.1) is 13.2 Å². The van der Waals surface area contributed by atoms with Crippen LogP contribution in [0.15, 0.2) is 0 Å². The number of esters is 1. The maximum atomic E-state index is 10.8. The predicted octanol–water partition coefficient (Wildman–Crippen LogP) is -0.560. The van der Waals surface area contributed by atoms with Gasteiger partial charge in [-0.05, 0) is 0 Å². The van der Waals surface area contributed by atoms with E-state index in [0.29, 0.717) is 6.41 Å². The van der Waals surface area contributed by atoms with Gasteiger partial charge in [-0.25, -0.2) is 4.79 Å². The van der Waals surface area contributed by atoms with Gasteiger partial charge in [-0.15, -0.1) is 0 Å². The SMILES string of the molecule is O=CNCC(CO)OC(=O)C(Cl)Cl. The number of ether oxygens (including phenoxy) is 1. The summed E-state index contributed by atoms with van der Waals surface area (Å²) in [6, 6.07) is 0. The van der Waals surface area contributed by atoms with Crippen LogP contribution in [-0.4, -0.2) is 41.6 Å². The summed E-state index contributed by atoms with van der Waals surface area (Å²) >= 11 is 10.4. The molecule has 1 amide bonds. The van der Waals surface area contributed by atoms with E-state index in [1.54, 1.807) is 0 Å². The molecule has 0 aliphatic rings. The molecule has 5 nitrogen and oxygen atoms in total. The van der Waals surface area contributed by atoms with Gasteiger partial charge in [0.2, 0.25) is 11.2 Å². The highest BCUT2D eigenvalue weighted by Gasteiger charge is 2.18. The Labute approximate surface area is 85.0 Å². The molecular formula is C6H9Cl2NO4. The summed E-state index contributed by atoms with van der Waals surface area (Å²) in [5.41, 5.74) is 0. The third-order valence-electron chi connectivity index (χ3n) is 1.09. The van der Waals surface area contributed by atoms with Crippen molar-refractivity contribution in [3.63, 3.8) is 0 Å². The second kappa shape index (κ2) is 6.94. The average Bonchev–Trinajstić information content (AvgIpc) is 2.11. The molecule has 13 heavy (non-hydrogen) atoms. The lowest BCUT2D eigenvalue weighted by Gasteiger charge is -2.14.